The number of halogens is 1. The van der Waals surface area contributed by atoms with Crippen LogP contribution in [0, 0.1) is 5.92 Å². The summed E-state index contributed by atoms with van der Waals surface area (Å²) in [5.74, 6) is 1.90. The Labute approximate surface area is 130 Å². The van der Waals surface area contributed by atoms with Gasteiger partial charge in [0.2, 0.25) is 17.2 Å². The van der Waals surface area contributed by atoms with Crippen LogP contribution in [0.3, 0.4) is 0 Å². The van der Waals surface area contributed by atoms with Crippen LogP contribution in [0.2, 0.25) is 5.28 Å². The molecule has 0 radical (unpaired) electrons. The van der Waals surface area contributed by atoms with E-state index in [1.54, 1.807) is 0 Å². The first-order valence-electron chi connectivity index (χ1n) is 7.78. The SMILES string of the molecule is OCCC1CCN(c2nc(Cl)nc(N3CCCCC3)n2)C1. The van der Waals surface area contributed by atoms with Crippen LogP contribution in [0.4, 0.5) is 11.9 Å². The molecule has 1 aromatic rings. The van der Waals surface area contributed by atoms with Crippen molar-refractivity contribution in [3.63, 3.8) is 0 Å². The molecule has 2 aliphatic heterocycles. The van der Waals surface area contributed by atoms with Gasteiger partial charge >= 0.3 is 0 Å². The summed E-state index contributed by atoms with van der Waals surface area (Å²) in [4.78, 5) is 17.5. The quantitative estimate of drug-likeness (QED) is 0.913. The molecule has 1 N–H and O–H groups in total. The predicted octanol–water partition coefficient (Wildman–Crippen LogP) is 1.72. The first-order valence-corrected chi connectivity index (χ1v) is 8.16. The average Bonchev–Trinajstić information content (AvgIpc) is 2.97. The molecule has 2 aliphatic rings. The first-order chi connectivity index (χ1) is 10.3. The highest BCUT2D eigenvalue weighted by atomic mass is 35.5. The third-order valence-corrected chi connectivity index (χ3v) is 4.50. The molecule has 0 spiro atoms. The molecule has 7 heteroatoms. The molecule has 1 atom stereocenters. The number of aromatic nitrogens is 3. The fourth-order valence-corrected chi connectivity index (χ4v) is 3.29. The molecule has 0 saturated carbocycles. The number of hydrogen-bond acceptors (Lipinski definition) is 6. The van der Waals surface area contributed by atoms with Gasteiger partial charge < -0.3 is 14.9 Å². The van der Waals surface area contributed by atoms with E-state index in [4.69, 9.17) is 16.7 Å². The lowest BCUT2D eigenvalue weighted by atomic mass is 10.1. The van der Waals surface area contributed by atoms with Crippen molar-refractivity contribution in [2.75, 3.05) is 42.6 Å². The molecule has 3 heterocycles. The van der Waals surface area contributed by atoms with Gasteiger partial charge in [0.15, 0.2) is 0 Å². The third kappa shape index (κ3) is 3.55. The van der Waals surface area contributed by atoms with Gasteiger partial charge in [0.05, 0.1) is 0 Å². The Balaban J connectivity index is 1.75. The first kappa shape index (κ1) is 14.8. The van der Waals surface area contributed by atoms with Gasteiger partial charge in [-0.1, -0.05) is 0 Å². The molecular weight excluding hydrogens is 290 g/mol. The van der Waals surface area contributed by atoms with Gasteiger partial charge in [0.25, 0.3) is 0 Å². The second kappa shape index (κ2) is 6.75. The summed E-state index contributed by atoms with van der Waals surface area (Å²) >= 11 is 6.09. The second-order valence-corrected chi connectivity index (χ2v) is 6.20. The molecule has 0 aliphatic carbocycles. The average molecular weight is 312 g/mol. The number of aliphatic hydroxyl groups is 1. The van der Waals surface area contributed by atoms with E-state index in [9.17, 15) is 0 Å². The van der Waals surface area contributed by atoms with Gasteiger partial charge in [-0.2, -0.15) is 15.0 Å². The van der Waals surface area contributed by atoms with Crippen LogP contribution in [0.25, 0.3) is 0 Å². The van der Waals surface area contributed by atoms with Crippen molar-refractivity contribution < 1.29 is 5.11 Å². The van der Waals surface area contributed by atoms with Gasteiger partial charge in [-0.05, 0) is 49.6 Å². The standard InChI is InChI=1S/C14H22ClN5O/c15-12-16-13(19-6-2-1-3-7-19)18-14(17-12)20-8-4-11(10-20)5-9-21/h11,21H,1-10H2. The molecule has 3 rings (SSSR count). The van der Waals surface area contributed by atoms with E-state index < -0.39 is 0 Å². The number of rotatable bonds is 4. The van der Waals surface area contributed by atoms with Crippen molar-refractivity contribution in [3.8, 4) is 0 Å². The Morgan fingerprint density at radius 2 is 1.71 bits per heavy atom. The van der Waals surface area contributed by atoms with E-state index in [1.807, 2.05) is 0 Å². The zero-order valence-electron chi connectivity index (χ0n) is 12.2. The minimum Gasteiger partial charge on any atom is -0.396 e. The summed E-state index contributed by atoms with van der Waals surface area (Å²) in [6, 6.07) is 0. The summed E-state index contributed by atoms with van der Waals surface area (Å²) in [5.41, 5.74) is 0. The minimum absolute atomic E-state index is 0.246. The lowest BCUT2D eigenvalue weighted by Gasteiger charge is -2.27. The van der Waals surface area contributed by atoms with Crippen LogP contribution < -0.4 is 9.80 Å². The van der Waals surface area contributed by atoms with Gasteiger partial charge in [-0.25, -0.2) is 0 Å². The fourth-order valence-electron chi connectivity index (χ4n) is 3.14. The normalized spacial score (nSPS) is 22.9. The molecule has 6 nitrogen and oxygen atoms in total. The Bertz CT molecular complexity index is 480. The summed E-state index contributed by atoms with van der Waals surface area (Å²) in [6.45, 7) is 4.04. The third-order valence-electron chi connectivity index (χ3n) is 4.33. The van der Waals surface area contributed by atoms with Gasteiger partial charge in [0.1, 0.15) is 0 Å². The maximum atomic E-state index is 9.05. The van der Waals surface area contributed by atoms with Crippen LogP contribution in [0.1, 0.15) is 32.1 Å². The Hall–Kier alpha value is -1.14. The number of anilines is 2. The summed E-state index contributed by atoms with van der Waals surface area (Å²) in [5, 5.41) is 9.32. The van der Waals surface area contributed by atoms with Crippen molar-refractivity contribution in [1.29, 1.82) is 0 Å². The van der Waals surface area contributed by atoms with Gasteiger partial charge in [0, 0.05) is 32.8 Å². The maximum Gasteiger partial charge on any atom is 0.231 e. The highest BCUT2D eigenvalue weighted by Crippen LogP contribution is 2.25. The summed E-state index contributed by atoms with van der Waals surface area (Å²) in [6.07, 6.45) is 5.55. The Morgan fingerprint density at radius 3 is 2.43 bits per heavy atom. The number of piperidine rings is 1. The molecule has 21 heavy (non-hydrogen) atoms. The number of nitrogens with zero attached hydrogens (tertiary/aromatic N) is 5. The van der Waals surface area contributed by atoms with Crippen LogP contribution in [-0.4, -0.2) is 52.8 Å². The fraction of sp³-hybridized carbons (Fsp3) is 0.786. The molecule has 116 valence electrons. The van der Waals surface area contributed by atoms with E-state index in [-0.39, 0.29) is 11.9 Å². The summed E-state index contributed by atoms with van der Waals surface area (Å²) < 4.78 is 0. The topological polar surface area (TPSA) is 65.4 Å². The van der Waals surface area contributed by atoms with Crippen molar-refractivity contribution >= 4 is 23.5 Å². The Morgan fingerprint density at radius 1 is 1.00 bits per heavy atom. The van der Waals surface area contributed by atoms with Crippen molar-refractivity contribution in [3.05, 3.63) is 5.28 Å². The predicted molar refractivity (Wildman–Crippen MR) is 82.9 cm³/mol. The van der Waals surface area contributed by atoms with E-state index in [2.05, 4.69) is 24.8 Å². The van der Waals surface area contributed by atoms with Crippen molar-refractivity contribution in [2.45, 2.75) is 32.1 Å². The number of aliphatic hydroxyl groups excluding tert-OH is 1. The van der Waals surface area contributed by atoms with E-state index in [0.29, 0.717) is 17.8 Å². The van der Waals surface area contributed by atoms with E-state index in [0.717, 1.165) is 39.0 Å². The van der Waals surface area contributed by atoms with Crippen LogP contribution >= 0.6 is 11.6 Å². The lowest BCUT2D eigenvalue weighted by Crippen LogP contribution is -2.32. The smallest absolute Gasteiger partial charge is 0.231 e. The Kier molecular flexibility index (Phi) is 4.75. The van der Waals surface area contributed by atoms with Crippen LogP contribution in [0.15, 0.2) is 0 Å². The second-order valence-electron chi connectivity index (χ2n) is 5.87. The monoisotopic (exact) mass is 311 g/mol. The van der Waals surface area contributed by atoms with Crippen LogP contribution in [0.5, 0.6) is 0 Å². The highest BCUT2D eigenvalue weighted by molar-refractivity contribution is 6.28. The molecule has 2 saturated heterocycles. The van der Waals surface area contributed by atoms with E-state index >= 15 is 0 Å². The lowest BCUT2D eigenvalue weighted by molar-refractivity contribution is 0.263. The minimum atomic E-state index is 0.246. The zero-order valence-corrected chi connectivity index (χ0v) is 13.0. The van der Waals surface area contributed by atoms with Crippen molar-refractivity contribution in [2.24, 2.45) is 5.92 Å². The summed E-state index contributed by atoms with van der Waals surface area (Å²) in [7, 11) is 0. The molecule has 0 bridgehead atoms. The highest BCUT2D eigenvalue weighted by Gasteiger charge is 2.25. The largest absolute Gasteiger partial charge is 0.396 e. The molecule has 0 amide bonds. The molecular formula is C14H22ClN5O. The molecule has 1 aromatic heterocycles. The molecule has 2 fully saturated rings. The van der Waals surface area contributed by atoms with Crippen molar-refractivity contribution in [1.82, 2.24) is 15.0 Å². The van der Waals surface area contributed by atoms with Gasteiger partial charge in [-0.15, -0.1) is 0 Å². The van der Waals surface area contributed by atoms with Crippen LogP contribution in [-0.2, 0) is 0 Å². The van der Waals surface area contributed by atoms with Gasteiger partial charge in [-0.3, -0.25) is 0 Å². The molecule has 0 aromatic carbocycles. The zero-order chi connectivity index (χ0) is 14.7. The van der Waals surface area contributed by atoms with E-state index in [1.165, 1.54) is 19.3 Å². The molecule has 1 unspecified atom stereocenters. The maximum absolute atomic E-state index is 9.05. The number of hydrogen-bond donors (Lipinski definition) is 1.